The van der Waals surface area contributed by atoms with E-state index in [9.17, 15) is 4.79 Å². The minimum Gasteiger partial charge on any atom is -0.379 e. The highest BCUT2D eigenvalue weighted by atomic mass is 79.9. The first-order valence-corrected chi connectivity index (χ1v) is 5.96. The van der Waals surface area contributed by atoms with Crippen molar-refractivity contribution in [2.24, 2.45) is 0 Å². The lowest BCUT2D eigenvalue weighted by atomic mass is 10.2. The van der Waals surface area contributed by atoms with Gasteiger partial charge in [0.15, 0.2) is 6.29 Å². The van der Waals surface area contributed by atoms with Gasteiger partial charge in [-0.05, 0) is 18.2 Å². The highest BCUT2D eigenvalue weighted by Crippen LogP contribution is 2.31. The van der Waals surface area contributed by atoms with Gasteiger partial charge >= 0.3 is 0 Å². The van der Waals surface area contributed by atoms with Crippen LogP contribution in [0.4, 0.5) is 0 Å². The normalized spacial score (nSPS) is 16.4. The molecule has 1 fully saturated rings. The van der Waals surface area contributed by atoms with Gasteiger partial charge in [0.25, 0.3) is 0 Å². The van der Waals surface area contributed by atoms with E-state index >= 15 is 0 Å². The van der Waals surface area contributed by atoms with Crippen LogP contribution in [0, 0.1) is 0 Å². The van der Waals surface area contributed by atoms with Gasteiger partial charge in [0.2, 0.25) is 0 Å². The fourth-order valence-electron chi connectivity index (χ4n) is 1.18. The van der Waals surface area contributed by atoms with Crippen LogP contribution in [0.1, 0.15) is 10.4 Å². The van der Waals surface area contributed by atoms with Crippen molar-refractivity contribution in [3.8, 4) is 0 Å². The van der Waals surface area contributed by atoms with Gasteiger partial charge in [-0.2, -0.15) is 0 Å². The van der Waals surface area contributed by atoms with Crippen molar-refractivity contribution in [1.82, 2.24) is 0 Å². The van der Waals surface area contributed by atoms with E-state index < -0.39 is 0 Å². The Morgan fingerprint density at radius 2 is 2.29 bits per heavy atom. The van der Waals surface area contributed by atoms with E-state index in [4.69, 9.17) is 4.74 Å². The number of ether oxygens (including phenoxy) is 1. The number of carbonyl (C=O) groups excluding carboxylic acids is 1. The molecule has 0 radical (unpaired) electrons. The third-order valence-electron chi connectivity index (χ3n) is 2.00. The van der Waals surface area contributed by atoms with Gasteiger partial charge in [-0.3, -0.25) is 4.79 Å². The summed E-state index contributed by atoms with van der Waals surface area (Å²) in [4.78, 5) is 11.8. The molecule has 1 aliphatic heterocycles. The van der Waals surface area contributed by atoms with Crippen LogP contribution < -0.4 is 0 Å². The molecule has 0 spiro atoms. The zero-order valence-corrected chi connectivity index (χ0v) is 9.81. The Hall–Kier alpha value is -0.320. The van der Waals surface area contributed by atoms with Crippen LogP contribution in [-0.4, -0.2) is 24.7 Å². The Bertz CT molecular complexity index is 350. The number of aldehydes is 1. The molecule has 0 amide bonds. The molecule has 0 atom stereocenters. The van der Waals surface area contributed by atoms with Gasteiger partial charge in [-0.1, -0.05) is 15.9 Å². The summed E-state index contributed by atoms with van der Waals surface area (Å²) in [6, 6.07) is 5.76. The van der Waals surface area contributed by atoms with Crippen molar-refractivity contribution >= 4 is 34.0 Å². The monoisotopic (exact) mass is 272 g/mol. The number of rotatable bonds is 3. The van der Waals surface area contributed by atoms with Crippen molar-refractivity contribution in [1.29, 1.82) is 0 Å². The van der Waals surface area contributed by atoms with E-state index in [-0.39, 0.29) is 0 Å². The molecule has 2 nitrogen and oxygen atoms in total. The lowest BCUT2D eigenvalue weighted by molar-refractivity contribution is 0.0455. The molecule has 1 aromatic rings. The summed E-state index contributed by atoms with van der Waals surface area (Å²) >= 11 is 5.05. The minimum atomic E-state index is 0.509. The predicted octanol–water partition coefficient (Wildman–Crippen LogP) is 2.75. The molecular weight excluding hydrogens is 264 g/mol. The Kier molecular flexibility index (Phi) is 3.26. The smallest absolute Gasteiger partial charge is 0.151 e. The standard InChI is InChI=1S/C10H9BrO2S/c11-8-1-2-10(7(3-8)4-12)14-9-5-13-6-9/h1-4,9H,5-6H2. The van der Waals surface area contributed by atoms with Gasteiger partial charge in [-0.15, -0.1) is 11.8 Å². The number of benzene rings is 1. The Morgan fingerprint density at radius 3 is 2.86 bits per heavy atom. The van der Waals surface area contributed by atoms with Gasteiger partial charge < -0.3 is 4.74 Å². The lowest BCUT2D eigenvalue weighted by Gasteiger charge is -2.25. The fourth-order valence-corrected chi connectivity index (χ4v) is 2.64. The first kappa shape index (κ1) is 10.2. The highest BCUT2D eigenvalue weighted by molar-refractivity contribution is 9.10. The van der Waals surface area contributed by atoms with E-state index in [2.05, 4.69) is 15.9 Å². The Labute approximate surface area is 95.2 Å². The molecular formula is C10H9BrO2S. The summed E-state index contributed by atoms with van der Waals surface area (Å²) in [6.07, 6.45) is 0.895. The third-order valence-corrected chi connectivity index (χ3v) is 3.72. The summed E-state index contributed by atoms with van der Waals surface area (Å²) in [5, 5.41) is 0.509. The molecule has 14 heavy (non-hydrogen) atoms. The SMILES string of the molecule is O=Cc1cc(Br)ccc1SC1COC1. The van der Waals surface area contributed by atoms with E-state index in [0.717, 1.165) is 34.4 Å². The second kappa shape index (κ2) is 4.47. The summed E-state index contributed by atoms with van der Waals surface area (Å²) in [5.74, 6) is 0. The topological polar surface area (TPSA) is 26.3 Å². The summed E-state index contributed by atoms with van der Waals surface area (Å²) in [5.41, 5.74) is 0.747. The molecule has 4 heteroatoms. The molecule has 1 aromatic carbocycles. The van der Waals surface area contributed by atoms with Gasteiger partial charge in [0.1, 0.15) is 0 Å². The molecule has 1 heterocycles. The first-order chi connectivity index (χ1) is 6.79. The number of halogens is 1. The molecule has 0 N–H and O–H groups in total. The molecule has 0 aliphatic carbocycles. The summed E-state index contributed by atoms with van der Waals surface area (Å²) < 4.78 is 6.02. The number of hydrogen-bond donors (Lipinski definition) is 0. The molecule has 0 unspecified atom stereocenters. The molecule has 74 valence electrons. The van der Waals surface area contributed by atoms with E-state index in [1.165, 1.54) is 0 Å². The zero-order chi connectivity index (χ0) is 9.97. The number of hydrogen-bond acceptors (Lipinski definition) is 3. The second-order valence-electron chi connectivity index (χ2n) is 3.08. The number of thioether (sulfide) groups is 1. The van der Waals surface area contributed by atoms with Gasteiger partial charge in [0, 0.05) is 14.9 Å². The maximum absolute atomic E-state index is 10.8. The van der Waals surface area contributed by atoms with Crippen molar-refractivity contribution in [3.05, 3.63) is 28.2 Å². The zero-order valence-electron chi connectivity index (χ0n) is 7.40. The molecule has 0 bridgehead atoms. The van der Waals surface area contributed by atoms with Crippen LogP contribution in [0.5, 0.6) is 0 Å². The molecule has 0 aromatic heterocycles. The predicted molar refractivity (Wildman–Crippen MR) is 60.0 cm³/mol. The van der Waals surface area contributed by atoms with Gasteiger partial charge in [-0.25, -0.2) is 0 Å². The minimum absolute atomic E-state index is 0.509. The average molecular weight is 273 g/mol. The lowest BCUT2D eigenvalue weighted by Crippen LogP contribution is -2.30. The van der Waals surface area contributed by atoms with Crippen molar-refractivity contribution in [2.45, 2.75) is 10.1 Å². The van der Waals surface area contributed by atoms with E-state index in [1.54, 1.807) is 11.8 Å². The highest BCUT2D eigenvalue weighted by Gasteiger charge is 2.20. The average Bonchev–Trinajstić information content (AvgIpc) is 2.13. The van der Waals surface area contributed by atoms with Crippen LogP contribution >= 0.6 is 27.7 Å². The van der Waals surface area contributed by atoms with Crippen LogP contribution in [-0.2, 0) is 4.74 Å². The maximum Gasteiger partial charge on any atom is 0.151 e. The quantitative estimate of drug-likeness (QED) is 0.792. The molecule has 1 aliphatic rings. The molecule has 2 rings (SSSR count). The van der Waals surface area contributed by atoms with Gasteiger partial charge in [0.05, 0.1) is 18.5 Å². The summed E-state index contributed by atoms with van der Waals surface area (Å²) in [7, 11) is 0. The largest absolute Gasteiger partial charge is 0.379 e. The maximum atomic E-state index is 10.8. The van der Waals surface area contributed by atoms with Crippen LogP contribution in [0.3, 0.4) is 0 Å². The van der Waals surface area contributed by atoms with Crippen molar-refractivity contribution in [3.63, 3.8) is 0 Å². The Balaban J connectivity index is 2.18. The van der Waals surface area contributed by atoms with Crippen LogP contribution in [0.15, 0.2) is 27.6 Å². The Morgan fingerprint density at radius 1 is 1.50 bits per heavy atom. The fraction of sp³-hybridized carbons (Fsp3) is 0.300. The molecule has 0 saturated carbocycles. The first-order valence-electron chi connectivity index (χ1n) is 4.29. The van der Waals surface area contributed by atoms with Crippen molar-refractivity contribution in [2.75, 3.05) is 13.2 Å². The van der Waals surface area contributed by atoms with Crippen molar-refractivity contribution < 1.29 is 9.53 Å². The third kappa shape index (κ3) is 2.19. The van der Waals surface area contributed by atoms with E-state index in [0.29, 0.717) is 5.25 Å². The molecule has 1 saturated heterocycles. The summed E-state index contributed by atoms with van der Waals surface area (Å²) in [6.45, 7) is 1.58. The second-order valence-corrected chi connectivity index (χ2v) is 5.34. The number of carbonyl (C=O) groups is 1. The van der Waals surface area contributed by atoms with Crippen LogP contribution in [0.2, 0.25) is 0 Å². The van der Waals surface area contributed by atoms with E-state index in [1.807, 2.05) is 18.2 Å². The van der Waals surface area contributed by atoms with Crippen LogP contribution in [0.25, 0.3) is 0 Å².